The quantitative estimate of drug-likeness (QED) is 0.121. The molecule has 15 heteroatoms. The number of carboxylic acids is 1. The number of imidazole rings is 1. The highest BCUT2D eigenvalue weighted by Gasteiger charge is 2.57. The van der Waals surface area contributed by atoms with Crippen LogP contribution < -0.4 is 20.7 Å². The number of aliphatic carboxylic acids is 1. The molecule has 3 aromatic heterocycles. The molecule has 1 atom stereocenters. The summed E-state index contributed by atoms with van der Waals surface area (Å²) in [4.78, 5) is 53.7. The van der Waals surface area contributed by atoms with Gasteiger partial charge in [0, 0.05) is 80.7 Å². The topological polar surface area (TPSA) is 164 Å². The van der Waals surface area contributed by atoms with E-state index in [9.17, 15) is 19.5 Å². The van der Waals surface area contributed by atoms with E-state index in [0.717, 1.165) is 81.4 Å². The fourth-order valence-corrected chi connectivity index (χ4v) is 9.86. The molecule has 56 heavy (non-hydrogen) atoms. The van der Waals surface area contributed by atoms with E-state index < -0.39 is 11.4 Å². The number of amides is 2. The molecule has 294 valence electrons. The van der Waals surface area contributed by atoms with E-state index in [1.165, 1.54) is 0 Å². The van der Waals surface area contributed by atoms with Gasteiger partial charge in [-0.15, -0.1) is 0 Å². The van der Waals surface area contributed by atoms with Crippen molar-refractivity contribution in [3.05, 3.63) is 75.4 Å². The van der Waals surface area contributed by atoms with Crippen LogP contribution in [0, 0.1) is 10.8 Å². The fraction of sp³-hybridized carbons (Fsp3) is 0.463. The molecule has 3 fully saturated rings. The number of methoxy groups -OCH3 is 1. The largest absolute Gasteiger partial charge is 0.481 e. The van der Waals surface area contributed by atoms with Gasteiger partial charge in [-0.25, -0.2) is 9.97 Å². The smallest absolute Gasteiger partial charge is 0.309 e. The predicted octanol–water partition coefficient (Wildman–Crippen LogP) is 6.26. The molecule has 2 bridgehead atoms. The van der Waals surface area contributed by atoms with Crippen LogP contribution in [0.15, 0.2) is 42.6 Å². The van der Waals surface area contributed by atoms with Crippen LogP contribution >= 0.6 is 23.2 Å². The number of rotatable bonds is 13. The summed E-state index contributed by atoms with van der Waals surface area (Å²) in [5.41, 5.74) is 5.03. The Hall–Kier alpha value is -4.56. The second-order valence-electron chi connectivity index (χ2n) is 15.9. The Morgan fingerprint density at radius 1 is 1.05 bits per heavy atom. The second kappa shape index (κ2) is 15.4. The molecule has 0 spiro atoms. The third-order valence-corrected chi connectivity index (χ3v) is 13.3. The van der Waals surface area contributed by atoms with Crippen molar-refractivity contribution in [3.8, 4) is 28.4 Å². The lowest BCUT2D eigenvalue weighted by Crippen LogP contribution is -2.35. The van der Waals surface area contributed by atoms with Gasteiger partial charge in [-0.05, 0) is 75.1 Å². The van der Waals surface area contributed by atoms with Crippen LogP contribution in [0.5, 0.6) is 5.88 Å². The molecule has 13 nitrogen and oxygen atoms in total. The van der Waals surface area contributed by atoms with Crippen LogP contribution in [-0.4, -0.2) is 80.1 Å². The Morgan fingerprint density at radius 2 is 1.88 bits per heavy atom. The first-order valence-corrected chi connectivity index (χ1v) is 20.0. The van der Waals surface area contributed by atoms with Gasteiger partial charge in [0.15, 0.2) is 5.82 Å². The van der Waals surface area contributed by atoms with Crippen LogP contribution in [0.2, 0.25) is 10.0 Å². The van der Waals surface area contributed by atoms with Crippen LogP contribution in [0.1, 0.15) is 78.9 Å². The summed E-state index contributed by atoms with van der Waals surface area (Å²) in [5, 5.41) is 19.8. The molecule has 8 rings (SSSR count). The molecule has 4 N–H and O–H groups in total. The van der Waals surface area contributed by atoms with Gasteiger partial charge in [0.05, 0.1) is 45.3 Å². The van der Waals surface area contributed by atoms with Gasteiger partial charge in [-0.2, -0.15) is 0 Å². The summed E-state index contributed by atoms with van der Waals surface area (Å²) in [5.74, 6) is -0.162. The molecule has 2 saturated carbocycles. The van der Waals surface area contributed by atoms with Crippen molar-refractivity contribution in [2.75, 3.05) is 32.1 Å². The average molecular weight is 802 g/mol. The average Bonchev–Trinajstić information content (AvgIpc) is 3.98. The normalized spacial score (nSPS) is 22.9. The first-order valence-electron chi connectivity index (χ1n) is 19.3. The Balaban J connectivity index is 0.941. The Kier molecular flexibility index (Phi) is 10.5. The van der Waals surface area contributed by atoms with Gasteiger partial charge in [-0.1, -0.05) is 41.4 Å². The van der Waals surface area contributed by atoms with Gasteiger partial charge in [0.2, 0.25) is 11.8 Å². The summed E-state index contributed by atoms with van der Waals surface area (Å²) in [6, 6.07) is 11.0. The lowest BCUT2D eigenvalue weighted by molar-refractivity contribution is -0.148. The third-order valence-electron chi connectivity index (χ3n) is 12.5. The van der Waals surface area contributed by atoms with Gasteiger partial charge in [0.25, 0.3) is 5.91 Å². The standard InChI is InChI=1S/C41H46Cl2N8O5/c1-50-31-11-18-51(19-16-40-12-14-41(23-40,15-13-40)39(54)55)22-30(31)47-36(50)37(53)48-29-5-3-4-27(33(29)42)35-34(43)26(10-17-45-35)28-8-6-24(38(49-28)56-2)20-44-21-25-7-9-32(52)46-25/h3-6,8,10,17,25,44H,7,9,11-16,18-23H2,1-2H3,(H,46,52)(H,48,53)(H,54,55). The van der Waals surface area contributed by atoms with Crippen LogP contribution in [0.4, 0.5) is 5.69 Å². The number of carboxylic acid groups (broad SMARTS) is 1. The summed E-state index contributed by atoms with van der Waals surface area (Å²) in [6.07, 6.45) is 9.15. The second-order valence-corrected chi connectivity index (χ2v) is 16.6. The van der Waals surface area contributed by atoms with E-state index in [1.54, 1.807) is 37.6 Å². The molecule has 1 saturated heterocycles. The Bertz CT molecular complexity index is 2200. The number of aromatic nitrogens is 4. The molecular formula is C41H46Cl2N8O5. The lowest BCUT2D eigenvalue weighted by atomic mass is 9.80. The van der Waals surface area contributed by atoms with Gasteiger partial charge >= 0.3 is 5.97 Å². The molecular weight excluding hydrogens is 755 g/mol. The minimum Gasteiger partial charge on any atom is -0.481 e. The number of fused-ring (bicyclic) bond motifs is 3. The molecule has 2 aliphatic heterocycles. The van der Waals surface area contributed by atoms with Crippen molar-refractivity contribution in [1.82, 2.24) is 35.1 Å². The van der Waals surface area contributed by atoms with Crippen molar-refractivity contribution in [3.63, 3.8) is 0 Å². The van der Waals surface area contributed by atoms with E-state index in [4.69, 9.17) is 37.9 Å². The number of benzene rings is 1. The number of nitrogens with one attached hydrogen (secondary N) is 3. The van der Waals surface area contributed by atoms with Crippen molar-refractivity contribution < 1.29 is 24.2 Å². The number of hydrogen-bond donors (Lipinski definition) is 4. The molecule has 2 amide bonds. The molecule has 5 heterocycles. The Morgan fingerprint density at radius 3 is 2.61 bits per heavy atom. The lowest BCUT2D eigenvalue weighted by Gasteiger charge is -2.32. The zero-order chi connectivity index (χ0) is 39.2. The third kappa shape index (κ3) is 7.26. The first-order chi connectivity index (χ1) is 27.0. The number of hydrogen-bond acceptors (Lipinski definition) is 9. The van der Waals surface area contributed by atoms with Crippen LogP contribution in [-0.2, 0) is 36.1 Å². The SMILES string of the molecule is COc1nc(-c2ccnc(-c3cccc(NC(=O)c4nc5c(n4C)CCN(CCC46CCC(C(=O)O)(CC4)C6)C5)c3Cl)c2Cl)ccc1CNCC1CCC(=O)N1. The number of ether oxygens (including phenoxy) is 1. The fourth-order valence-electron chi connectivity index (χ4n) is 9.29. The maximum Gasteiger partial charge on any atom is 0.309 e. The van der Waals surface area contributed by atoms with Crippen LogP contribution in [0.3, 0.4) is 0 Å². The van der Waals surface area contributed by atoms with E-state index >= 15 is 0 Å². The summed E-state index contributed by atoms with van der Waals surface area (Å²) in [7, 11) is 3.44. The van der Waals surface area contributed by atoms with Gasteiger partial charge in [0.1, 0.15) is 0 Å². The molecule has 0 radical (unpaired) electrons. The highest BCUT2D eigenvalue weighted by atomic mass is 35.5. The number of anilines is 1. The Labute approximate surface area is 335 Å². The molecule has 1 unspecified atom stereocenters. The highest BCUT2D eigenvalue weighted by Crippen LogP contribution is 2.63. The number of carbonyl (C=O) groups is 3. The first kappa shape index (κ1) is 38.3. The van der Waals surface area contributed by atoms with E-state index in [0.29, 0.717) is 71.0 Å². The zero-order valence-electron chi connectivity index (χ0n) is 31.6. The molecule has 4 aliphatic rings. The summed E-state index contributed by atoms with van der Waals surface area (Å²) < 4.78 is 7.50. The summed E-state index contributed by atoms with van der Waals surface area (Å²) in [6.45, 7) is 3.57. The predicted molar refractivity (Wildman–Crippen MR) is 213 cm³/mol. The number of carbonyl (C=O) groups excluding carboxylic acids is 2. The van der Waals surface area contributed by atoms with Crippen molar-refractivity contribution in [2.45, 2.75) is 76.9 Å². The molecule has 1 aromatic carbocycles. The minimum atomic E-state index is -0.628. The van der Waals surface area contributed by atoms with E-state index in [1.807, 2.05) is 23.7 Å². The number of pyridine rings is 2. The summed E-state index contributed by atoms with van der Waals surface area (Å²) >= 11 is 14.0. The van der Waals surface area contributed by atoms with Crippen molar-refractivity contribution >= 4 is 46.7 Å². The minimum absolute atomic E-state index is 0.0830. The van der Waals surface area contributed by atoms with E-state index in [-0.39, 0.29) is 28.3 Å². The number of halogens is 2. The zero-order valence-corrected chi connectivity index (χ0v) is 33.1. The maximum absolute atomic E-state index is 13.7. The molecule has 2 aliphatic carbocycles. The van der Waals surface area contributed by atoms with Gasteiger partial charge < -0.3 is 30.4 Å². The monoisotopic (exact) mass is 800 g/mol. The maximum atomic E-state index is 13.7. The van der Waals surface area contributed by atoms with E-state index in [2.05, 4.69) is 25.8 Å². The van der Waals surface area contributed by atoms with Crippen LogP contribution in [0.25, 0.3) is 22.5 Å². The highest BCUT2D eigenvalue weighted by molar-refractivity contribution is 6.39. The van der Waals surface area contributed by atoms with Crippen molar-refractivity contribution in [1.29, 1.82) is 0 Å². The molecule has 4 aromatic rings. The van der Waals surface area contributed by atoms with Gasteiger partial charge in [-0.3, -0.25) is 24.3 Å². The number of nitrogens with zero attached hydrogens (tertiary/aromatic N) is 5. The van der Waals surface area contributed by atoms with Crippen molar-refractivity contribution in [2.24, 2.45) is 17.9 Å².